The molecule has 0 saturated carbocycles. The number of nitrogens with zero attached hydrogens (tertiary/aromatic N) is 1. The topological polar surface area (TPSA) is 97.0 Å². The summed E-state index contributed by atoms with van der Waals surface area (Å²) < 4.78 is 10.5. The fraction of sp³-hybridized carbons (Fsp3) is 0.179. The number of benzene rings is 3. The molecule has 0 atom stereocenters. The second-order valence-electron chi connectivity index (χ2n) is 8.61. The van der Waals surface area contributed by atoms with Crippen molar-refractivity contribution in [3.05, 3.63) is 88.6 Å². The predicted molar refractivity (Wildman–Crippen MR) is 143 cm³/mol. The van der Waals surface area contributed by atoms with Gasteiger partial charge in [-0.2, -0.15) is 0 Å². The van der Waals surface area contributed by atoms with E-state index in [0.29, 0.717) is 34.4 Å². The van der Waals surface area contributed by atoms with Gasteiger partial charge in [0.1, 0.15) is 22.2 Å². The first-order chi connectivity index (χ1) is 17.7. The molecule has 0 aliphatic carbocycles. The minimum Gasteiger partial charge on any atom is -0.497 e. The predicted octanol–water partition coefficient (Wildman–Crippen LogP) is 5.52. The molecule has 2 N–H and O–H groups in total. The molecule has 37 heavy (non-hydrogen) atoms. The van der Waals surface area contributed by atoms with Gasteiger partial charge in [0.2, 0.25) is 0 Å². The van der Waals surface area contributed by atoms with Crippen LogP contribution < -0.4 is 25.0 Å². The summed E-state index contributed by atoms with van der Waals surface area (Å²) in [6, 6.07) is 18.9. The number of imide groups is 1. The lowest BCUT2D eigenvalue weighted by atomic mass is 10.0. The Bertz CT molecular complexity index is 1400. The fourth-order valence-corrected chi connectivity index (χ4v) is 4.05. The molecule has 4 rings (SSSR count). The van der Waals surface area contributed by atoms with Gasteiger partial charge >= 0.3 is 0 Å². The third-order valence-electron chi connectivity index (χ3n) is 5.88. The Balaban J connectivity index is 1.54. The van der Waals surface area contributed by atoms with E-state index in [9.17, 15) is 14.4 Å². The van der Waals surface area contributed by atoms with Crippen LogP contribution in [0.15, 0.2) is 77.5 Å². The molecule has 0 unspecified atom stereocenters. The minimum atomic E-state index is -0.709. The van der Waals surface area contributed by atoms with Crippen LogP contribution in [0.5, 0.6) is 11.5 Å². The number of hydrogen-bond acceptors (Lipinski definition) is 6. The molecule has 0 radical (unpaired) electrons. The van der Waals surface area contributed by atoms with Crippen molar-refractivity contribution >= 4 is 46.4 Å². The van der Waals surface area contributed by atoms with Gasteiger partial charge in [-0.3, -0.25) is 14.4 Å². The van der Waals surface area contributed by atoms with Gasteiger partial charge in [0.05, 0.1) is 19.9 Å². The zero-order valence-corrected chi connectivity index (χ0v) is 21.6. The molecule has 0 saturated heterocycles. The fourth-order valence-electron chi connectivity index (χ4n) is 3.84. The lowest BCUT2D eigenvalue weighted by Crippen LogP contribution is -2.32. The summed E-state index contributed by atoms with van der Waals surface area (Å²) in [4.78, 5) is 40.0. The smallest absolute Gasteiger partial charge is 0.283 e. The van der Waals surface area contributed by atoms with Gasteiger partial charge in [-0.05, 0) is 53.9 Å². The van der Waals surface area contributed by atoms with Crippen molar-refractivity contribution in [2.75, 3.05) is 29.8 Å². The Morgan fingerprint density at radius 2 is 1.62 bits per heavy atom. The van der Waals surface area contributed by atoms with Gasteiger partial charge in [-0.15, -0.1) is 0 Å². The highest BCUT2D eigenvalue weighted by Crippen LogP contribution is 2.38. The Labute approximate surface area is 219 Å². The normalized spacial score (nSPS) is 13.3. The van der Waals surface area contributed by atoms with Gasteiger partial charge in [-0.1, -0.05) is 43.6 Å². The zero-order chi connectivity index (χ0) is 26.7. The molecule has 0 fully saturated rings. The van der Waals surface area contributed by atoms with E-state index in [1.54, 1.807) is 36.4 Å². The maximum atomic E-state index is 13.3. The molecule has 0 bridgehead atoms. The standard InChI is InChI=1S/C28H26ClN3O5/c1-16(2)17-8-10-19(11-9-17)31-26(33)18-6-5-7-20(14-18)30-25-24(29)27(34)32(28(25)35)22-15-21(36-3)12-13-23(22)37-4/h5-16,30H,1-4H3,(H,31,33). The van der Waals surface area contributed by atoms with E-state index in [0.717, 1.165) is 4.90 Å². The maximum absolute atomic E-state index is 13.3. The molecule has 3 aromatic carbocycles. The summed E-state index contributed by atoms with van der Waals surface area (Å²) in [6.45, 7) is 4.20. The summed E-state index contributed by atoms with van der Waals surface area (Å²) in [6.07, 6.45) is 0. The molecular weight excluding hydrogens is 494 g/mol. The SMILES string of the molecule is COc1ccc(OC)c(N2C(=O)C(Cl)=C(Nc3cccc(C(=O)Nc4ccc(C(C)C)cc4)c3)C2=O)c1. The Hall–Kier alpha value is -4.30. The number of carbonyl (C=O) groups is 3. The molecule has 190 valence electrons. The van der Waals surface area contributed by atoms with Crippen molar-refractivity contribution in [1.29, 1.82) is 0 Å². The second kappa shape index (κ2) is 10.8. The van der Waals surface area contributed by atoms with Crippen LogP contribution in [0.4, 0.5) is 17.1 Å². The first kappa shape index (κ1) is 25.8. The molecule has 1 heterocycles. The molecule has 9 heteroatoms. The van der Waals surface area contributed by atoms with Crippen LogP contribution in [0.1, 0.15) is 35.7 Å². The zero-order valence-electron chi connectivity index (χ0n) is 20.8. The van der Waals surface area contributed by atoms with E-state index in [1.807, 2.05) is 24.3 Å². The molecule has 8 nitrogen and oxygen atoms in total. The maximum Gasteiger partial charge on any atom is 0.283 e. The van der Waals surface area contributed by atoms with Gasteiger partial charge < -0.3 is 20.1 Å². The van der Waals surface area contributed by atoms with Crippen molar-refractivity contribution in [1.82, 2.24) is 0 Å². The highest BCUT2D eigenvalue weighted by molar-refractivity contribution is 6.53. The highest BCUT2D eigenvalue weighted by Gasteiger charge is 2.40. The quantitative estimate of drug-likeness (QED) is 0.381. The molecular formula is C28H26ClN3O5. The van der Waals surface area contributed by atoms with Crippen molar-refractivity contribution in [2.24, 2.45) is 0 Å². The monoisotopic (exact) mass is 519 g/mol. The molecule has 1 aliphatic heterocycles. The number of nitrogens with one attached hydrogen (secondary N) is 2. The van der Waals surface area contributed by atoms with Crippen molar-refractivity contribution < 1.29 is 23.9 Å². The Morgan fingerprint density at radius 3 is 2.27 bits per heavy atom. The molecule has 3 aromatic rings. The van der Waals surface area contributed by atoms with Gasteiger partial charge in [0, 0.05) is 23.0 Å². The van der Waals surface area contributed by atoms with Gasteiger partial charge in [0.25, 0.3) is 17.7 Å². The number of methoxy groups -OCH3 is 2. The first-order valence-corrected chi connectivity index (χ1v) is 11.9. The summed E-state index contributed by atoms with van der Waals surface area (Å²) in [7, 11) is 2.90. The summed E-state index contributed by atoms with van der Waals surface area (Å²) in [5, 5.41) is 5.48. The van der Waals surface area contributed by atoms with Gasteiger partial charge in [0.15, 0.2) is 0 Å². The van der Waals surface area contributed by atoms with Crippen LogP contribution in [0, 0.1) is 0 Å². The number of carbonyl (C=O) groups excluding carboxylic acids is 3. The summed E-state index contributed by atoms with van der Waals surface area (Å²) in [5.41, 5.74) is 2.69. The van der Waals surface area contributed by atoms with E-state index < -0.39 is 11.8 Å². The number of amides is 3. The number of rotatable bonds is 8. The van der Waals surface area contributed by atoms with E-state index in [2.05, 4.69) is 24.5 Å². The van der Waals surface area contributed by atoms with Crippen molar-refractivity contribution in [3.8, 4) is 11.5 Å². The molecule has 0 aromatic heterocycles. The van der Waals surface area contributed by atoms with E-state index in [-0.39, 0.29) is 22.3 Å². The van der Waals surface area contributed by atoms with Crippen LogP contribution in [-0.4, -0.2) is 31.9 Å². The Kier molecular flexibility index (Phi) is 7.50. The number of ether oxygens (including phenoxy) is 2. The number of hydrogen-bond donors (Lipinski definition) is 2. The van der Waals surface area contributed by atoms with Gasteiger partial charge in [-0.25, -0.2) is 4.90 Å². The van der Waals surface area contributed by atoms with Crippen LogP contribution in [-0.2, 0) is 9.59 Å². The molecule has 3 amide bonds. The average Bonchev–Trinajstić information content (AvgIpc) is 3.11. The minimum absolute atomic E-state index is 0.113. The largest absolute Gasteiger partial charge is 0.497 e. The number of anilines is 3. The average molecular weight is 520 g/mol. The number of halogens is 1. The first-order valence-electron chi connectivity index (χ1n) is 11.5. The third kappa shape index (κ3) is 5.29. The van der Waals surface area contributed by atoms with Crippen molar-refractivity contribution in [2.45, 2.75) is 19.8 Å². The van der Waals surface area contributed by atoms with Crippen LogP contribution >= 0.6 is 11.6 Å². The van der Waals surface area contributed by atoms with E-state index >= 15 is 0 Å². The molecule has 1 aliphatic rings. The lowest BCUT2D eigenvalue weighted by molar-refractivity contribution is -0.120. The van der Waals surface area contributed by atoms with Crippen LogP contribution in [0.2, 0.25) is 0 Å². The van der Waals surface area contributed by atoms with Crippen LogP contribution in [0.3, 0.4) is 0 Å². The molecule has 0 spiro atoms. The highest BCUT2D eigenvalue weighted by atomic mass is 35.5. The van der Waals surface area contributed by atoms with E-state index in [4.69, 9.17) is 21.1 Å². The Morgan fingerprint density at radius 1 is 0.892 bits per heavy atom. The van der Waals surface area contributed by atoms with Crippen molar-refractivity contribution in [3.63, 3.8) is 0 Å². The summed E-state index contributed by atoms with van der Waals surface area (Å²) in [5.74, 6) is -0.571. The lowest BCUT2D eigenvalue weighted by Gasteiger charge is -2.19. The third-order valence-corrected chi connectivity index (χ3v) is 6.23. The van der Waals surface area contributed by atoms with Crippen LogP contribution in [0.25, 0.3) is 0 Å². The second-order valence-corrected chi connectivity index (χ2v) is 8.99. The summed E-state index contributed by atoms with van der Waals surface area (Å²) >= 11 is 6.29. The van der Waals surface area contributed by atoms with E-state index in [1.165, 1.54) is 25.8 Å².